The van der Waals surface area contributed by atoms with Crippen molar-refractivity contribution in [2.75, 3.05) is 0 Å². The summed E-state index contributed by atoms with van der Waals surface area (Å²) in [6.45, 7) is 0. The maximum atomic E-state index is 2.31. The van der Waals surface area contributed by atoms with Crippen LogP contribution >= 0.6 is 0 Å². The maximum absolute atomic E-state index is 2.31. The van der Waals surface area contributed by atoms with Crippen LogP contribution in [0.3, 0.4) is 0 Å². The van der Waals surface area contributed by atoms with Gasteiger partial charge in [-0.2, -0.15) is 0 Å². The molecule has 0 spiro atoms. The Morgan fingerprint density at radius 1 is 0.300 bits per heavy atom. The molecule has 0 amide bonds. The van der Waals surface area contributed by atoms with Gasteiger partial charge in [0.25, 0.3) is 0 Å². The number of hydrogen-bond donors (Lipinski definition) is 0. The van der Waals surface area contributed by atoms with Crippen molar-refractivity contribution in [3.63, 3.8) is 0 Å². The van der Waals surface area contributed by atoms with Crippen molar-refractivity contribution in [1.29, 1.82) is 0 Å². The number of hydrogen-bond acceptors (Lipinski definition) is 0. The standard InChI is InChI=1S/C20H34/c1-2-4-6-8-10-12-14-16-18-20-19-17-15-13-11-9-7-5-3-1/h1-6H,7-20H2/b2-1+,5-3-,6-4?. The molecule has 0 saturated heterocycles. The van der Waals surface area contributed by atoms with Crippen molar-refractivity contribution < 1.29 is 0 Å². The number of allylic oxidation sites excluding steroid dienone is 6. The highest BCUT2D eigenvalue weighted by Crippen LogP contribution is 2.13. The van der Waals surface area contributed by atoms with E-state index in [9.17, 15) is 0 Å². The lowest BCUT2D eigenvalue weighted by Gasteiger charge is -2.02. The van der Waals surface area contributed by atoms with Crippen molar-refractivity contribution in [2.45, 2.75) is 89.9 Å². The third kappa shape index (κ3) is 12.3. The van der Waals surface area contributed by atoms with Gasteiger partial charge in [-0.3, -0.25) is 0 Å². The quantitative estimate of drug-likeness (QED) is 0.440. The minimum Gasteiger partial charge on any atom is -0.0845 e. The molecule has 0 unspecified atom stereocenters. The van der Waals surface area contributed by atoms with Crippen LogP contribution in [-0.2, 0) is 0 Å². The van der Waals surface area contributed by atoms with Crippen molar-refractivity contribution in [3.8, 4) is 0 Å². The molecule has 0 aromatic heterocycles. The van der Waals surface area contributed by atoms with E-state index in [2.05, 4.69) is 36.5 Å². The molecule has 0 aliphatic heterocycles. The van der Waals surface area contributed by atoms with Gasteiger partial charge >= 0.3 is 0 Å². The zero-order valence-corrected chi connectivity index (χ0v) is 13.4. The van der Waals surface area contributed by atoms with Crippen LogP contribution < -0.4 is 0 Å². The molecule has 0 aromatic rings. The zero-order chi connectivity index (χ0) is 14.1. The normalized spacial score (nSPS) is 24.8. The average molecular weight is 274 g/mol. The topological polar surface area (TPSA) is 0 Å². The lowest BCUT2D eigenvalue weighted by molar-refractivity contribution is 0.542. The Labute approximate surface area is 127 Å². The van der Waals surface area contributed by atoms with Crippen LogP contribution in [0, 0.1) is 0 Å². The van der Waals surface area contributed by atoms with Crippen LogP contribution in [0.15, 0.2) is 36.5 Å². The predicted octanol–water partition coefficient (Wildman–Crippen LogP) is 7.13. The molecule has 1 aliphatic carbocycles. The van der Waals surface area contributed by atoms with Crippen LogP contribution in [0.1, 0.15) is 89.9 Å². The van der Waals surface area contributed by atoms with E-state index in [0.29, 0.717) is 0 Å². The molecule has 0 fully saturated rings. The van der Waals surface area contributed by atoms with E-state index in [1.54, 1.807) is 0 Å². The van der Waals surface area contributed by atoms with Crippen molar-refractivity contribution in [1.82, 2.24) is 0 Å². The molecule has 0 aromatic carbocycles. The van der Waals surface area contributed by atoms with Gasteiger partial charge in [-0.05, 0) is 25.7 Å². The van der Waals surface area contributed by atoms with Crippen LogP contribution in [0.2, 0.25) is 0 Å². The van der Waals surface area contributed by atoms with Crippen molar-refractivity contribution in [3.05, 3.63) is 36.5 Å². The average Bonchev–Trinajstić information content (AvgIpc) is 2.46. The minimum atomic E-state index is 1.24. The summed E-state index contributed by atoms with van der Waals surface area (Å²) in [4.78, 5) is 0. The molecule has 0 bridgehead atoms. The molecule has 1 rings (SSSR count). The SMILES string of the molecule is C1=CCCCCCCCCCCCCCC/C=C\C=C\1. The first-order valence-corrected chi connectivity index (χ1v) is 8.98. The Bertz CT molecular complexity index is 242. The highest BCUT2D eigenvalue weighted by atomic mass is 14.0. The summed E-state index contributed by atoms with van der Waals surface area (Å²) < 4.78 is 0. The third-order valence-corrected chi connectivity index (χ3v) is 4.10. The summed E-state index contributed by atoms with van der Waals surface area (Å²) >= 11 is 0. The molecule has 0 atom stereocenters. The van der Waals surface area contributed by atoms with Crippen LogP contribution in [0.4, 0.5) is 0 Å². The largest absolute Gasteiger partial charge is 0.0845 e. The van der Waals surface area contributed by atoms with Gasteiger partial charge in [0.1, 0.15) is 0 Å². The Morgan fingerprint density at radius 3 is 0.950 bits per heavy atom. The molecule has 1 aliphatic rings. The maximum Gasteiger partial charge on any atom is -0.0348 e. The fourth-order valence-electron chi connectivity index (χ4n) is 2.77. The summed E-state index contributed by atoms with van der Waals surface area (Å²) in [7, 11) is 0. The van der Waals surface area contributed by atoms with E-state index in [1.807, 2.05) is 0 Å². The highest BCUT2D eigenvalue weighted by Gasteiger charge is 1.93. The van der Waals surface area contributed by atoms with Crippen molar-refractivity contribution >= 4 is 0 Å². The Balaban J connectivity index is 2.18. The smallest absolute Gasteiger partial charge is 0.0348 e. The van der Waals surface area contributed by atoms with Crippen LogP contribution in [-0.4, -0.2) is 0 Å². The number of rotatable bonds is 0. The first kappa shape index (κ1) is 17.3. The molecule has 0 saturated carbocycles. The predicted molar refractivity (Wildman–Crippen MR) is 92.1 cm³/mol. The van der Waals surface area contributed by atoms with Gasteiger partial charge in [0.2, 0.25) is 0 Å². The van der Waals surface area contributed by atoms with E-state index in [-0.39, 0.29) is 0 Å². The molecule has 0 N–H and O–H groups in total. The summed E-state index contributed by atoms with van der Waals surface area (Å²) in [6, 6.07) is 0. The molecular weight excluding hydrogens is 240 g/mol. The van der Waals surface area contributed by atoms with Gasteiger partial charge in [-0.25, -0.2) is 0 Å². The summed E-state index contributed by atoms with van der Waals surface area (Å²) in [5.41, 5.74) is 0. The molecular formula is C20H34. The zero-order valence-electron chi connectivity index (χ0n) is 13.4. The first-order valence-electron chi connectivity index (χ1n) is 8.98. The van der Waals surface area contributed by atoms with Gasteiger partial charge in [-0.1, -0.05) is 101 Å². The minimum absolute atomic E-state index is 1.24. The second kappa shape index (κ2) is 14.6. The van der Waals surface area contributed by atoms with E-state index >= 15 is 0 Å². The second-order valence-electron chi connectivity index (χ2n) is 6.06. The summed E-state index contributed by atoms with van der Waals surface area (Å²) in [5, 5.41) is 0. The molecule has 0 radical (unpaired) electrons. The molecule has 0 nitrogen and oxygen atoms in total. The van der Waals surface area contributed by atoms with Crippen LogP contribution in [0.25, 0.3) is 0 Å². The van der Waals surface area contributed by atoms with Crippen LogP contribution in [0.5, 0.6) is 0 Å². The first-order chi connectivity index (χ1) is 10.0. The van der Waals surface area contributed by atoms with E-state index in [1.165, 1.54) is 89.9 Å². The third-order valence-electron chi connectivity index (χ3n) is 4.10. The highest BCUT2D eigenvalue weighted by molar-refractivity contribution is 5.10. The van der Waals surface area contributed by atoms with Gasteiger partial charge in [-0.15, -0.1) is 0 Å². The Morgan fingerprint density at radius 2 is 0.600 bits per heavy atom. The second-order valence-corrected chi connectivity index (χ2v) is 6.06. The van der Waals surface area contributed by atoms with Gasteiger partial charge in [0.05, 0.1) is 0 Å². The molecule has 0 heteroatoms. The molecule has 20 heavy (non-hydrogen) atoms. The lowest BCUT2D eigenvalue weighted by atomic mass is 10.0. The Hall–Kier alpha value is -0.780. The molecule has 114 valence electrons. The Kier molecular flexibility index (Phi) is 12.6. The van der Waals surface area contributed by atoms with Gasteiger partial charge in [0.15, 0.2) is 0 Å². The van der Waals surface area contributed by atoms with E-state index in [0.717, 1.165) is 0 Å². The molecule has 0 heterocycles. The fourth-order valence-corrected chi connectivity index (χ4v) is 2.77. The lowest BCUT2D eigenvalue weighted by Crippen LogP contribution is -1.83. The fraction of sp³-hybridized carbons (Fsp3) is 0.700. The summed E-state index contributed by atoms with van der Waals surface area (Å²) in [6.07, 6.45) is 33.0. The monoisotopic (exact) mass is 274 g/mol. The summed E-state index contributed by atoms with van der Waals surface area (Å²) in [5.74, 6) is 0. The van der Waals surface area contributed by atoms with E-state index < -0.39 is 0 Å². The van der Waals surface area contributed by atoms with Crippen molar-refractivity contribution in [2.24, 2.45) is 0 Å². The van der Waals surface area contributed by atoms with E-state index in [4.69, 9.17) is 0 Å². The van der Waals surface area contributed by atoms with Gasteiger partial charge in [0, 0.05) is 0 Å². The van der Waals surface area contributed by atoms with Gasteiger partial charge < -0.3 is 0 Å².